The van der Waals surface area contributed by atoms with Crippen LogP contribution in [0.2, 0.25) is 0 Å². The van der Waals surface area contributed by atoms with Gasteiger partial charge >= 0.3 is 12.1 Å². The molecule has 0 aliphatic rings. The van der Waals surface area contributed by atoms with Gasteiger partial charge in [-0.15, -0.1) is 0 Å². The van der Waals surface area contributed by atoms with E-state index in [4.69, 9.17) is 10.5 Å². The molecule has 4 N–H and O–H groups in total. The number of nitrogens with two attached hydrogens (primary N) is 1. The first-order chi connectivity index (χ1) is 5.45. The third kappa shape index (κ3) is 3.30. The van der Waals surface area contributed by atoms with Gasteiger partial charge in [-0.1, -0.05) is 5.16 Å². The standard InChI is InChI=1S/C5H7N3O4/c1-2(6)3(4(9)10)8-12-5(7)11/h6H,1H3,(H2,7,11)(H,9,10)/b6-2?,8-3+. The van der Waals surface area contributed by atoms with Crippen LogP contribution in [-0.2, 0) is 9.63 Å². The lowest BCUT2D eigenvalue weighted by atomic mass is 10.3. The summed E-state index contributed by atoms with van der Waals surface area (Å²) >= 11 is 0. The van der Waals surface area contributed by atoms with E-state index in [1.165, 1.54) is 6.92 Å². The first-order valence-corrected chi connectivity index (χ1v) is 2.78. The molecule has 0 aliphatic heterocycles. The average molecular weight is 173 g/mol. The average Bonchev–Trinajstić information content (AvgIpc) is 1.84. The molecule has 0 aromatic carbocycles. The van der Waals surface area contributed by atoms with Crippen LogP contribution in [0.25, 0.3) is 0 Å². The molecule has 1 amide bonds. The number of oxime groups is 1. The van der Waals surface area contributed by atoms with Crippen molar-refractivity contribution in [1.29, 1.82) is 5.41 Å². The Morgan fingerprint density at radius 3 is 2.33 bits per heavy atom. The minimum atomic E-state index is -1.45. The van der Waals surface area contributed by atoms with Gasteiger partial charge in [-0.05, 0) is 6.92 Å². The van der Waals surface area contributed by atoms with Gasteiger partial charge in [0, 0.05) is 0 Å². The van der Waals surface area contributed by atoms with Crippen molar-refractivity contribution < 1.29 is 19.5 Å². The third-order valence-corrected chi connectivity index (χ3v) is 0.785. The van der Waals surface area contributed by atoms with Crippen molar-refractivity contribution in [3.05, 3.63) is 0 Å². The lowest BCUT2D eigenvalue weighted by molar-refractivity contribution is -0.129. The van der Waals surface area contributed by atoms with Crippen molar-refractivity contribution in [2.45, 2.75) is 6.92 Å². The fourth-order valence-corrected chi connectivity index (χ4v) is 0.359. The van der Waals surface area contributed by atoms with Crippen LogP contribution in [0, 0.1) is 5.41 Å². The molecule has 0 spiro atoms. The zero-order valence-electron chi connectivity index (χ0n) is 6.20. The predicted molar refractivity (Wildman–Crippen MR) is 39.1 cm³/mol. The number of rotatable bonds is 3. The Morgan fingerprint density at radius 1 is 1.58 bits per heavy atom. The molecule has 0 fully saturated rings. The van der Waals surface area contributed by atoms with Crippen LogP contribution in [0.1, 0.15) is 6.92 Å². The fourth-order valence-electron chi connectivity index (χ4n) is 0.359. The highest BCUT2D eigenvalue weighted by Gasteiger charge is 2.13. The molecule has 0 unspecified atom stereocenters. The van der Waals surface area contributed by atoms with Gasteiger partial charge in [0.1, 0.15) is 0 Å². The molecule has 66 valence electrons. The summed E-state index contributed by atoms with van der Waals surface area (Å²) in [6.07, 6.45) is -1.23. The summed E-state index contributed by atoms with van der Waals surface area (Å²) < 4.78 is 0. The SMILES string of the molecule is CC(=N)/C(=N\OC(N)=O)C(=O)O. The van der Waals surface area contributed by atoms with Crippen molar-refractivity contribution >= 4 is 23.5 Å². The highest BCUT2D eigenvalue weighted by molar-refractivity contribution is 6.64. The molecule has 0 aliphatic carbocycles. The van der Waals surface area contributed by atoms with Crippen molar-refractivity contribution in [3.8, 4) is 0 Å². The zero-order chi connectivity index (χ0) is 9.72. The van der Waals surface area contributed by atoms with Crippen LogP contribution in [0.15, 0.2) is 5.16 Å². The number of hydrogen-bond donors (Lipinski definition) is 3. The fraction of sp³-hybridized carbons (Fsp3) is 0.200. The van der Waals surface area contributed by atoms with Gasteiger partial charge in [-0.3, -0.25) is 4.84 Å². The number of carbonyl (C=O) groups is 2. The topological polar surface area (TPSA) is 126 Å². The Bertz CT molecular complexity index is 241. The van der Waals surface area contributed by atoms with E-state index in [1.54, 1.807) is 0 Å². The second-order valence-electron chi connectivity index (χ2n) is 1.78. The van der Waals surface area contributed by atoms with Crippen molar-refractivity contribution in [2.75, 3.05) is 0 Å². The normalized spacial score (nSPS) is 10.6. The summed E-state index contributed by atoms with van der Waals surface area (Å²) in [5.74, 6) is -1.45. The molecule has 12 heavy (non-hydrogen) atoms. The van der Waals surface area contributed by atoms with E-state index in [0.29, 0.717) is 0 Å². The number of carboxylic acid groups (broad SMARTS) is 1. The summed E-state index contributed by atoms with van der Waals surface area (Å²) in [4.78, 5) is 24.1. The molecule has 0 rings (SSSR count). The molecule has 0 radical (unpaired) electrons. The van der Waals surface area contributed by atoms with Crippen molar-refractivity contribution in [3.63, 3.8) is 0 Å². The quantitative estimate of drug-likeness (QED) is 0.304. The van der Waals surface area contributed by atoms with Gasteiger partial charge in [0.05, 0.1) is 5.71 Å². The molecule has 0 atom stereocenters. The summed E-state index contributed by atoms with van der Waals surface area (Å²) in [6.45, 7) is 1.19. The smallest absolute Gasteiger partial charge is 0.430 e. The lowest BCUT2D eigenvalue weighted by Gasteiger charge is -1.95. The molecule has 7 nitrogen and oxygen atoms in total. The molecule has 0 heterocycles. The summed E-state index contributed by atoms with van der Waals surface area (Å²) in [5.41, 5.74) is 3.52. The Labute approximate surface area is 67.3 Å². The van der Waals surface area contributed by atoms with E-state index >= 15 is 0 Å². The van der Waals surface area contributed by atoms with Gasteiger partial charge in [-0.2, -0.15) is 0 Å². The van der Waals surface area contributed by atoms with E-state index in [0.717, 1.165) is 0 Å². The van der Waals surface area contributed by atoms with Gasteiger partial charge in [0.25, 0.3) is 0 Å². The first kappa shape index (κ1) is 10.1. The van der Waals surface area contributed by atoms with E-state index < -0.39 is 17.8 Å². The van der Waals surface area contributed by atoms with Gasteiger partial charge in [0.2, 0.25) is 5.71 Å². The Hall–Kier alpha value is -1.92. The largest absolute Gasteiger partial charge is 0.476 e. The first-order valence-electron chi connectivity index (χ1n) is 2.78. The molecular formula is C5H7N3O4. The predicted octanol–water partition coefficient (Wildman–Crippen LogP) is -0.438. The third-order valence-electron chi connectivity index (χ3n) is 0.785. The van der Waals surface area contributed by atoms with Crippen molar-refractivity contribution in [2.24, 2.45) is 10.9 Å². The van der Waals surface area contributed by atoms with Crippen LogP contribution >= 0.6 is 0 Å². The van der Waals surface area contributed by atoms with Crippen LogP contribution in [0.4, 0.5) is 4.79 Å². The molecule has 0 bridgehead atoms. The van der Waals surface area contributed by atoms with E-state index in [1.807, 2.05) is 0 Å². The van der Waals surface area contributed by atoms with Crippen molar-refractivity contribution in [1.82, 2.24) is 0 Å². The monoisotopic (exact) mass is 173 g/mol. The molecule has 7 heteroatoms. The second-order valence-corrected chi connectivity index (χ2v) is 1.78. The van der Waals surface area contributed by atoms with Crippen LogP contribution in [0.3, 0.4) is 0 Å². The zero-order valence-corrected chi connectivity index (χ0v) is 6.20. The molecular weight excluding hydrogens is 166 g/mol. The maximum absolute atomic E-state index is 10.2. The number of carbonyl (C=O) groups excluding carboxylic acids is 1. The minimum absolute atomic E-state index is 0.330. The number of amides is 1. The molecule has 0 aromatic rings. The van der Waals surface area contributed by atoms with Gasteiger partial charge in [-0.25, -0.2) is 9.59 Å². The van der Waals surface area contributed by atoms with E-state index in [9.17, 15) is 9.59 Å². The van der Waals surface area contributed by atoms with Crippen LogP contribution < -0.4 is 5.73 Å². The second kappa shape index (κ2) is 4.06. The highest BCUT2D eigenvalue weighted by atomic mass is 16.7. The number of aliphatic carboxylic acids is 1. The number of nitrogens with zero attached hydrogens (tertiary/aromatic N) is 1. The maximum atomic E-state index is 10.2. The number of carboxylic acids is 1. The molecule has 0 aromatic heterocycles. The number of hydrogen-bond acceptors (Lipinski definition) is 5. The van der Waals surface area contributed by atoms with Gasteiger partial charge in [0.15, 0.2) is 0 Å². The highest BCUT2D eigenvalue weighted by Crippen LogP contribution is 1.85. The lowest BCUT2D eigenvalue weighted by Crippen LogP contribution is -2.22. The van der Waals surface area contributed by atoms with E-state index in [2.05, 4.69) is 15.7 Å². The number of nitrogens with one attached hydrogen (secondary N) is 1. The summed E-state index contributed by atoms with van der Waals surface area (Å²) in [7, 11) is 0. The summed E-state index contributed by atoms with van der Waals surface area (Å²) in [6, 6.07) is 0. The minimum Gasteiger partial charge on any atom is -0.476 e. The Kier molecular flexibility index (Phi) is 3.41. The van der Waals surface area contributed by atoms with Crippen LogP contribution in [0.5, 0.6) is 0 Å². The number of primary amides is 1. The Balaban J connectivity index is 4.51. The van der Waals surface area contributed by atoms with Gasteiger partial charge < -0.3 is 16.2 Å². The van der Waals surface area contributed by atoms with Crippen LogP contribution in [-0.4, -0.2) is 28.6 Å². The Morgan fingerprint density at radius 2 is 2.08 bits per heavy atom. The van der Waals surface area contributed by atoms with E-state index in [-0.39, 0.29) is 5.71 Å². The molecule has 0 saturated heterocycles. The molecule has 0 saturated carbocycles. The summed E-state index contributed by atoms with van der Waals surface area (Å²) in [5, 5.41) is 18.1. The maximum Gasteiger partial charge on any atom is 0.430 e.